The van der Waals surface area contributed by atoms with E-state index in [1.807, 2.05) is 13.8 Å². The Labute approximate surface area is 168 Å². The van der Waals surface area contributed by atoms with Gasteiger partial charge in [0, 0.05) is 19.2 Å². The van der Waals surface area contributed by atoms with E-state index in [9.17, 15) is 14.4 Å². The van der Waals surface area contributed by atoms with Gasteiger partial charge >= 0.3 is 12.0 Å². The Balaban J connectivity index is 2.04. The van der Waals surface area contributed by atoms with Crippen LogP contribution in [-0.4, -0.2) is 55.2 Å². The molecule has 1 aliphatic rings. The predicted molar refractivity (Wildman–Crippen MR) is 103 cm³/mol. The van der Waals surface area contributed by atoms with E-state index in [2.05, 4.69) is 5.32 Å². The molecule has 0 radical (unpaired) electrons. The van der Waals surface area contributed by atoms with Gasteiger partial charge in [-0.05, 0) is 44.5 Å². The van der Waals surface area contributed by atoms with Crippen molar-refractivity contribution < 1.29 is 28.6 Å². The van der Waals surface area contributed by atoms with Crippen molar-refractivity contribution in [1.82, 2.24) is 10.2 Å². The molecule has 1 aromatic carbocycles. The van der Waals surface area contributed by atoms with E-state index >= 15 is 0 Å². The largest absolute Gasteiger partial charge is 0.493 e. The van der Waals surface area contributed by atoms with Crippen LogP contribution in [0.2, 0.25) is 5.02 Å². The standard InChI is InChI=1S/C19H23ClN2O6/c1-11(2)27-17-14(20)9-13(10-15(17)26-4)5-6-16(23)28-12(3)18(24)22-8-7-21-19(22)25/h5-6,9-12H,7-8H2,1-4H3,(H,21,25)/b6-5+/t12-/m0/s1. The summed E-state index contributed by atoms with van der Waals surface area (Å²) in [4.78, 5) is 36.7. The van der Waals surface area contributed by atoms with Crippen molar-refractivity contribution in [3.05, 3.63) is 28.8 Å². The van der Waals surface area contributed by atoms with Gasteiger partial charge in [0.1, 0.15) is 0 Å². The molecule has 0 spiro atoms. The minimum atomic E-state index is -1.08. The van der Waals surface area contributed by atoms with Crippen molar-refractivity contribution in [2.45, 2.75) is 33.0 Å². The zero-order valence-corrected chi connectivity index (χ0v) is 16.9. The number of benzene rings is 1. The number of rotatable bonds is 7. The van der Waals surface area contributed by atoms with Crippen LogP contribution >= 0.6 is 11.6 Å². The molecule has 1 aromatic rings. The molecular formula is C19H23ClN2O6. The van der Waals surface area contributed by atoms with Crippen LogP contribution in [0, 0.1) is 0 Å². The minimum absolute atomic E-state index is 0.0838. The second-order valence-electron chi connectivity index (χ2n) is 6.33. The molecule has 3 amide bonds. The maximum atomic E-state index is 12.1. The summed E-state index contributed by atoms with van der Waals surface area (Å²) in [5, 5.41) is 2.85. The van der Waals surface area contributed by atoms with Gasteiger partial charge in [-0.15, -0.1) is 0 Å². The molecule has 152 valence electrons. The van der Waals surface area contributed by atoms with Crippen LogP contribution < -0.4 is 14.8 Å². The third-order valence-electron chi connectivity index (χ3n) is 3.78. The topological polar surface area (TPSA) is 94.2 Å². The van der Waals surface area contributed by atoms with Gasteiger partial charge in [-0.25, -0.2) is 9.59 Å². The Morgan fingerprint density at radius 2 is 2.00 bits per heavy atom. The molecule has 9 heteroatoms. The second-order valence-corrected chi connectivity index (χ2v) is 6.74. The molecule has 0 bridgehead atoms. The van der Waals surface area contributed by atoms with E-state index < -0.39 is 24.0 Å². The summed E-state index contributed by atoms with van der Waals surface area (Å²) < 4.78 is 16.0. The van der Waals surface area contributed by atoms with Gasteiger partial charge in [-0.3, -0.25) is 9.69 Å². The highest BCUT2D eigenvalue weighted by Gasteiger charge is 2.31. The van der Waals surface area contributed by atoms with Gasteiger partial charge in [-0.1, -0.05) is 11.6 Å². The maximum absolute atomic E-state index is 12.1. The average Bonchev–Trinajstić information content (AvgIpc) is 3.06. The number of imide groups is 1. The molecule has 1 saturated heterocycles. The van der Waals surface area contributed by atoms with Crippen LogP contribution in [0.3, 0.4) is 0 Å². The van der Waals surface area contributed by atoms with Crippen LogP contribution in [0.25, 0.3) is 6.08 Å². The monoisotopic (exact) mass is 410 g/mol. The number of halogens is 1. The number of hydrogen-bond donors (Lipinski definition) is 1. The van der Waals surface area contributed by atoms with Crippen LogP contribution in [-0.2, 0) is 14.3 Å². The molecule has 28 heavy (non-hydrogen) atoms. The van der Waals surface area contributed by atoms with E-state index in [0.717, 1.165) is 4.90 Å². The SMILES string of the molecule is COc1cc(/C=C/C(=O)O[C@@H](C)C(=O)N2CCNC2=O)cc(Cl)c1OC(C)C. The molecule has 1 aliphatic heterocycles. The summed E-state index contributed by atoms with van der Waals surface area (Å²) in [5.74, 6) is -0.450. The fourth-order valence-electron chi connectivity index (χ4n) is 2.52. The number of hydrogen-bond acceptors (Lipinski definition) is 6. The fraction of sp³-hybridized carbons (Fsp3) is 0.421. The molecule has 1 atom stereocenters. The fourth-order valence-corrected chi connectivity index (χ4v) is 2.78. The second kappa shape index (κ2) is 9.45. The van der Waals surface area contributed by atoms with E-state index in [1.165, 1.54) is 26.2 Å². The quantitative estimate of drug-likeness (QED) is 0.548. The molecule has 1 heterocycles. The van der Waals surface area contributed by atoms with Gasteiger partial charge in [0.15, 0.2) is 17.6 Å². The number of esters is 1. The first-order valence-electron chi connectivity index (χ1n) is 8.75. The van der Waals surface area contributed by atoms with E-state index in [-0.39, 0.29) is 12.6 Å². The Bertz CT molecular complexity index is 793. The summed E-state index contributed by atoms with van der Waals surface area (Å²) >= 11 is 6.24. The van der Waals surface area contributed by atoms with Gasteiger partial charge in [-0.2, -0.15) is 0 Å². The molecule has 0 saturated carbocycles. The highest BCUT2D eigenvalue weighted by Crippen LogP contribution is 2.37. The number of ether oxygens (including phenoxy) is 3. The summed E-state index contributed by atoms with van der Waals surface area (Å²) in [7, 11) is 1.49. The van der Waals surface area contributed by atoms with Crippen molar-refractivity contribution in [3.63, 3.8) is 0 Å². The maximum Gasteiger partial charge on any atom is 0.331 e. The molecule has 0 aromatic heterocycles. The van der Waals surface area contributed by atoms with Crippen LogP contribution in [0.1, 0.15) is 26.3 Å². The first-order valence-corrected chi connectivity index (χ1v) is 9.12. The molecule has 0 aliphatic carbocycles. The summed E-state index contributed by atoms with van der Waals surface area (Å²) in [6.45, 7) is 5.78. The average molecular weight is 411 g/mol. The molecule has 1 fully saturated rings. The van der Waals surface area contributed by atoms with Crippen molar-refractivity contribution in [1.29, 1.82) is 0 Å². The third kappa shape index (κ3) is 5.39. The van der Waals surface area contributed by atoms with E-state index in [4.69, 9.17) is 25.8 Å². The highest BCUT2D eigenvalue weighted by atomic mass is 35.5. The molecule has 2 rings (SSSR count). The Kier molecular flexibility index (Phi) is 7.28. The van der Waals surface area contributed by atoms with E-state index in [1.54, 1.807) is 12.1 Å². The van der Waals surface area contributed by atoms with Crippen molar-refractivity contribution in [2.24, 2.45) is 0 Å². The summed E-state index contributed by atoms with van der Waals surface area (Å²) in [6.07, 6.45) is 1.48. The lowest BCUT2D eigenvalue weighted by Gasteiger charge is -2.17. The Hall–Kier alpha value is -2.74. The molecular weight excluding hydrogens is 388 g/mol. The zero-order chi connectivity index (χ0) is 20.8. The number of carbonyl (C=O) groups excluding carboxylic acids is 3. The predicted octanol–water partition coefficient (Wildman–Crippen LogP) is 2.63. The lowest BCUT2D eigenvalue weighted by atomic mass is 10.2. The number of nitrogens with zero attached hydrogens (tertiary/aromatic N) is 1. The van der Waals surface area contributed by atoms with Crippen LogP contribution in [0.5, 0.6) is 11.5 Å². The van der Waals surface area contributed by atoms with Gasteiger partial charge in [0.2, 0.25) is 0 Å². The van der Waals surface area contributed by atoms with E-state index in [0.29, 0.717) is 28.6 Å². The molecule has 8 nitrogen and oxygen atoms in total. The lowest BCUT2D eigenvalue weighted by Crippen LogP contribution is -2.41. The first kappa shape index (κ1) is 21.6. The summed E-state index contributed by atoms with van der Waals surface area (Å²) in [6, 6.07) is 2.79. The number of methoxy groups -OCH3 is 1. The van der Waals surface area contributed by atoms with Crippen molar-refractivity contribution >= 4 is 35.6 Å². The van der Waals surface area contributed by atoms with Crippen molar-refractivity contribution in [2.75, 3.05) is 20.2 Å². The first-order chi connectivity index (χ1) is 13.2. The van der Waals surface area contributed by atoms with Gasteiger partial charge < -0.3 is 19.5 Å². The normalized spacial score (nSPS) is 14.9. The Morgan fingerprint density at radius 3 is 2.57 bits per heavy atom. The molecule has 1 N–H and O–H groups in total. The Morgan fingerprint density at radius 1 is 1.29 bits per heavy atom. The smallest absolute Gasteiger partial charge is 0.331 e. The van der Waals surface area contributed by atoms with Crippen LogP contribution in [0.15, 0.2) is 18.2 Å². The van der Waals surface area contributed by atoms with Gasteiger partial charge in [0.25, 0.3) is 5.91 Å². The third-order valence-corrected chi connectivity index (χ3v) is 4.06. The number of urea groups is 1. The number of amides is 3. The number of carbonyl (C=O) groups is 3. The van der Waals surface area contributed by atoms with Gasteiger partial charge in [0.05, 0.1) is 18.2 Å². The minimum Gasteiger partial charge on any atom is -0.493 e. The number of nitrogens with one attached hydrogen (secondary N) is 1. The molecule has 0 unspecified atom stereocenters. The highest BCUT2D eigenvalue weighted by molar-refractivity contribution is 6.32. The summed E-state index contributed by atoms with van der Waals surface area (Å²) in [5.41, 5.74) is 0.591. The lowest BCUT2D eigenvalue weighted by molar-refractivity contribution is -0.153. The zero-order valence-electron chi connectivity index (χ0n) is 16.2. The van der Waals surface area contributed by atoms with Crippen molar-refractivity contribution in [3.8, 4) is 11.5 Å². The van der Waals surface area contributed by atoms with Crippen LogP contribution in [0.4, 0.5) is 4.79 Å².